The number of carbonyl (C=O) groups is 1. The Labute approximate surface area is 185 Å². The van der Waals surface area contributed by atoms with Gasteiger partial charge in [0.1, 0.15) is 5.52 Å². The molecule has 0 radical (unpaired) electrons. The molecule has 4 rings (SSSR count). The number of imidazole rings is 1. The summed E-state index contributed by atoms with van der Waals surface area (Å²) in [5.74, 6) is -0.156. The number of amides is 1. The third-order valence-corrected chi connectivity index (χ3v) is 5.66. The number of aromatic nitrogens is 3. The number of fused-ring (bicyclic) bond motifs is 1. The quantitative estimate of drug-likeness (QED) is 0.492. The Bertz CT molecular complexity index is 1260. The van der Waals surface area contributed by atoms with E-state index in [2.05, 4.69) is 26.7 Å². The van der Waals surface area contributed by atoms with Gasteiger partial charge >= 0.3 is 5.69 Å². The predicted octanol–water partition coefficient (Wildman–Crippen LogP) is 5.45. The van der Waals surface area contributed by atoms with Crippen molar-refractivity contribution >= 4 is 28.4 Å². The first kappa shape index (κ1) is 20.7. The number of nitrogens with zero attached hydrogens (tertiary/aromatic N) is 2. The van der Waals surface area contributed by atoms with Crippen molar-refractivity contribution in [2.75, 3.05) is 5.32 Å². The first-order chi connectivity index (χ1) is 15.0. The Kier molecular flexibility index (Phi) is 5.75. The number of carbonyl (C=O) groups excluding carboxylic acids is 1. The number of rotatable bonds is 6. The maximum atomic E-state index is 12.7. The van der Waals surface area contributed by atoms with E-state index < -0.39 is 0 Å². The monoisotopic (exact) mass is 423 g/mol. The molecule has 7 heteroatoms. The summed E-state index contributed by atoms with van der Waals surface area (Å²) in [5.41, 5.74) is 5.00. The van der Waals surface area contributed by atoms with E-state index in [1.165, 1.54) is 0 Å². The zero-order chi connectivity index (χ0) is 22.0. The topological polar surface area (TPSA) is 91.8 Å². The molecular weight excluding hydrogens is 390 g/mol. The van der Waals surface area contributed by atoms with E-state index in [0.29, 0.717) is 16.7 Å². The van der Waals surface area contributed by atoms with Crippen LogP contribution >= 0.6 is 0 Å². The fraction of sp³-hybridized carbons (Fsp3) is 0.292. The van der Waals surface area contributed by atoms with Crippen molar-refractivity contribution in [2.45, 2.75) is 46.1 Å². The van der Waals surface area contributed by atoms with Gasteiger partial charge in [-0.25, -0.2) is 9.78 Å². The van der Waals surface area contributed by atoms with Gasteiger partial charge in [0.2, 0.25) is 0 Å². The lowest BCUT2D eigenvalue weighted by Gasteiger charge is -2.14. The number of anilines is 2. The second-order valence-electron chi connectivity index (χ2n) is 7.86. The average Bonchev–Trinajstić information content (AvgIpc) is 3.12. The molecule has 1 aliphatic rings. The van der Waals surface area contributed by atoms with Crippen molar-refractivity contribution in [3.8, 4) is 0 Å². The number of hydrogen-bond acceptors (Lipinski definition) is 4. The van der Waals surface area contributed by atoms with E-state index in [4.69, 9.17) is 0 Å². The summed E-state index contributed by atoms with van der Waals surface area (Å²) < 4.78 is 1.68. The van der Waals surface area contributed by atoms with E-state index in [1.807, 2.05) is 57.2 Å². The number of hydrogen-bond donors (Lipinski definition) is 3. The minimum absolute atomic E-state index is 0. The maximum absolute atomic E-state index is 12.7. The first-order valence-electron chi connectivity index (χ1n) is 10.6. The van der Waals surface area contributed by atoms with Gasteiger partial charge in [0.05, 0.1) is 5.69 Å². The van der Waals surface area contributed by atoms with Crippen LogP contribution in [0.1, 0.15) is 59.4 Å². The molecule has 0 saturated carbocycles. The van der Waals surface area contributed by atoms with Crippen molar-refractivity contribution in [1.82, 2.24) is 19.9 Å². The van der Waals surface area contributed by atoms with Gasteiger partial charge < -0.3 is 15.6 Å². The Hall–Kier alpha value is -3.61. The smallest absolute Gasteiger partial charge is 0.327 e. The molecule has 3 aromatic rings. The number of benzene rings is 1. The molecule has 166 valence electrons. The van der Waals surface area contributed by atoms with Crippen molar-refractivity contribution in [3.63, 3.8) is 0 Å². The summed E-state index contributed by atoms with van der Waals surface area (Å²) in [7, 11) is 0. The average molecular weight is 424 g/mol. The molecule has 1 amide bonds. The van der Waals surface area contributed by atoms with Crippen LogP contribution < -0.4 is 16.3 Å². The molecule has 2 heterocycles. The zero-order valence-electron chi connectivity index (χ0n) is 18.0. The van der Waals surface area contributed by atoms with Gasteiger partial charge in [-0.15, -0.1) is 0 Å². The van der Waals surface area contributed by atoms with Gasteiger partial charge in [-0.2, -0.15) is 0 Å². The molecular formula is C24H33N5O2. The number of allylic oxidation sites excluding steroid dienone is 3. The Balaban J connectivity index is 0.00000193. The standard InChI is InChI=1S/C24H27N5O2.3H2/c1-4-16(3)29-22-21(28-24(29)31)19(12-13-25-22)27-20-14-17(11-10-15(20)2)23(30)26-18-8-6-5-7-9-18;;;/h6,8-14,16H,4-5,7H2,1-3H3,(H,25,27)(H,26,30)(H,28,31);3*1H. The van der Waals surface area contributed by atoms with Gasteiger partial charge in [0, 0.05) is 33.5 Å². The third kappa shape index (κ3) is 4.17. The van der Waals surface area contributed by atoms with Crippen molar-refractivity contribution in [1.29, 1.82) is 0 Å². The molecule has 31 heavy (non-hydrogen) atoms. The SMILES string of the molecule is CCC(C)n1c(=O)[nH]c2c(Nc3cc(C(=O)NC4=CCCC=C4)ccc3C)ccnc21.[HH].[HH].[HH]. The highest BCUT2D eigenvalue weighted by molar-refractivity contribution is 5.97. The fourth-order valence-electron chi connectivity index (χ4n) is 3.67. The summed E-state index contributed by atoms with van der Waals surface area (Å²) in [6, 6.07) is 7.41. The number of aromatic amines is 1. The minimum atomic E-state index is -0.176. The molecule has 0 bridgehead atoms. The minimum Gasteiger partial charge on any atom is -0.353 e. The highest BCUT2D eigenvalue weighted by Gasteiger charge is 2.16. The molecule has 0 fully saturated rings. The molecule has 1 aliphatic carbocycles. The van der Waals surface area contributed by atoms with Crippen LogP contribution in [0.4, 0.5) is 11.4 Å². The number of H-pyrrole nitrogens is 1. The summed E-state index contributed by atoms with van der Waals surface area (Å²) in [4.78, 5) is 32.6. The molecule has 7 nitrogen and oxygen atoms in total. The van der Waals surface area contributed by atoms with Crippen molar-refractivity contribution in [2.24, 2.45) is 0 Å². The van der Waals surface area contributed by atoms with E-state index >= 15 is 0 Å². The second kappa shape index (κ2) is 8.63. The maximum Gasteiger partial charge on any atom is 0.327 e. The van der Waals surface area contributed by atoms with Gasteiger partial charge in [0.15, 0.2) is 5.65 Å². The zero-order valence-corrected chi connectivity index (χ0v) is 18.0. The number of pyridine rings is 1. The molecule has 0 aliphatic heterocycles. The summed E-state index contributed by atoms with van der Waals surface area (Å²) >= 11 is 0. The van der Waals surface area contributed by atoms with Crippen LogP contribution in [0.5, 0.6) is 0 Å². The Morgan fingerprint density at radius 2 is 2.13 bits per heavy atom. The number of aryl methyl sites for hydroxylation is 1. The molecule has 0 saturated heterocycles. The highest BCUT2D eigenvalue weighted by Crippen LogP contribution is 2.27. The van der Waals surface area contributed by atoms with Crippen LogP contribution in [0.25, 0.3) is 11.2 Å². The van der Waals surface area contributed by atoms with Gasteiger partial charge in [0.25, 0.3) is 5.91 Å². The lowest BCUT2D eigenvalue weighted by molar-refractivity contribution is 0.0967. The Morgan fingerprint density at radius 1 is 1.29 bits per heavy atom. The van der Waals surface area contributed by atoms with E-state index in [-0.39, 0.29) is 21.9 Å². The van der Waals surface area contributed by atoms with E-state index in [9.17, 15) is 9.59 Å². The highest BCUT2D eigenvalue weighted by atomic mass is 16.2. The molecule has 0 spiro atoms. The lowest BCUT2D eigenvalue weighted by atomic mass is 10.1. The van der Waals surface area contributed by atoms with E-state index in [1.54, 1.807) is 10.8 Å². The van der Waals surface area contributed by atoms with Crippen molar-refractivity contribution in [3.05, 3.63) is 76.0 Å². The van der Waals surface area contributed by atoms with E-state index in [0.717, 1.165) is 41.9 Å². The lowest BCUT2D eigenvalue weighted by Crippen LogP contribution is -2.22. The molecule has 3 N–H and O–H groups in total. The van der Waals surface area contributed by atoms with Gasteiger partial charge in [-0.1, -0.05) is 25.1 Å². The number of nitrogens with one attached hydrogen (secondary N) is 3. The molecule has 1 unspecified atom stereocenters. The van der Waals surface area contributed by atoms with Crippen LogP contribution in [-0.4, -0.2) is 20.4 Å². The molecule has 1 aromatic carbocycles. The van der Waals surface area contributed by atoms with Crippen molar-refractivity contribution < 1.29 is 9.07 Å². The third-order valence-electron chi connectivity index (χ3n) is 5.66. The molecule has 2 aromatic heterocycles. The Morgan fingerprint density at radius 3 is 2.87 bits per heavy atom. The normalized spacial score (nSPS) is 14.4. The summed E-state index contributed by atoms with van der Waals surface area (Å²) in [5, 5.41) is 6.33. The van der Waals surface area contributed by atoms with Crippen LogP contribution in [0.2, 0.25) is 0 Å². The summed E-state index contributed by atoms with van der Waals surface area (Å²) in [6.07, 6.45) is 10.5. The predicted molar refractivity (Wildman–Crippen MR) is 130 cm³/mol. The van der Waals surface area contributed by atoms with Crippen LogP contribution in [0.3, 0.4) is 0 Å². The second-order valence-corrected chi connectivity index (χ2v) is 7.86. The van der Waals surface area contributed by atoms with Crippen LogP contribution in [0.15, 0.2) is 59.2 Å². The summed E-state index contributed by atoms with van der Waals surface area (Å²) in [6.45, 7) is 6.01. The van der Waals surface area contributed by atoms with Gasteiger partial charge in [-0.3, -0.25) is 9.36 Å². The van der Waals surface area contributed by atoms with Crippen LogP contribution in [-0.2, 0) is 0 Å². The van der Waals surface area contributed by atoms with Crippen LogP contribution in [0, 0.1) is 6.92 Å². The molecule has 1 atom stereocenters. The van der Waals surface area contributed by atoms with Gasteiger partial charge in [-0.05, 0) is 62.9 Å². The first-order valence-corrected chi connectivity index (χ1v) is 10.6. The largest absolute Gasteiger partial charge is 0.353 e. The fourth-order valence-corrected chi connectivity index (χ4v) is 3.67.